The van der Waals surface area contributed by atoms with E-state index >= 15 is 0 Å². The Morgan fingerprint density at radius 3 is 2.42 bits per heavy atom. The first-order valence-electron chi connectivity index (χ1n) is 7.53. The number of nitrogens with two attached hydrogens (primary N) is 1. The van der Waals surface area contributed by atoms with Gasteiger partial charge in [-0.2, -0.15) is 0 Å². The van der Waals surface area contributed by atoms with Gasteiger partial charge in [-0.15, -0.1) is 0 Å². The molecule has 1 aromatic rings. The summed E-state index contributed by atoms with van der Waals surface area (Å²) in [7, 11) is 2.22. The predicted molar refractivity (Wildman–Crippen MR) is 80.4 cm³/mol. The van der Waals surface area contributed by atoms with Gasteiger partial charge < -0.3 is 10.6 Å². The Kier molecular flexibility index (Phi) is 3.76. The molecule has 2 unspecified atom stereocenters. The molecule has 2 heterocycles. The van der Waals surface area contributed by atoms with Gasteiger partial charge in [-0.1, -0.05) is 12.1 Å². The van der Waals surface area contributed by atoms with Crippen LogP contribution in [0.1, 0.15) is 30.9 Å². The molecule has 2 atom stereocenters. The van der Waals surface area contributed by atoms with Crippen LogP contribution in [0.3, 0.4) is 0 Å². The van der Waals surface area contributed by atoms with Crippen LogP contribution in [-0.4, -0.2) is 38.1 Å². The maximum atomic E-state index is 5.81. The van der Waals surface area contributed by atoms with E-state index in [0.717, 1.165) is 13.1 Å². The van der Waals surface area contributed by atoms with Gasteiger partial charge >= 0.3 is 0 Å². The average Bonchev–Trinajstić information content (AvgIpc) is 3.08. The van der Waals surface area contributed by atoms with E-state index in [4.69, 9.17) is 5.73 Å². The zero-order valence-corrected chi connectivity index (χ0v) is 11.9. The molecule has 0 spiro atoms. The zero-order chi connectivity index (χ0) is 13.2. The van der Waals surface area contributed by atoms with E-state index in [1.807, 2.05) is 0 Å². The Labute approximate surface area is 116 Å². The van der Waals surface area contributed by atoms with E-state index in [1.54, 1.807) is 0 Å². The fourth-order valence-electron chi connectivity index (χ4n) is 3.55. The topological polar surface area (TPSA) is 32.5 Å². The summed E-state index contributed by atoms with van der Waals surface area (Å²) in [4.78, 5) is 4.94. The fraction of sp³-hybridized carbons (Fsp3) is 0.625. The lowest BCUT2D eigenvalue weighted by Crippen LogP contribution is -2.21. The first kappa shape index (κ1) is 12.9. The molecule has 0 aromatic heterocycles. The summed E-state index contributed by atoms with van der Waals surface area (Å²) in [6, 6.07) is 9.77. The van der Waals surface area contributed by atoms with Crippen molar-refractivity contribution in [3.05, 3.63) is 29.8 Å². The summed E-state index contributed by atoms with van der Waals surface area (Å²) < 4.78 is 0. The van der Waals surface area contributed by atoms with Crippen LogP contribution in [0.25, 0.3) is 0 Å². The maximum Gasteiger partial charge on any atom is 0.0366 e. The van der Waals surface area contributed by atoms with Gasteiger partial charge in [0.2, 0.25) is 0 Å². The Morgan fingerprint density at radius 2 is 1.84 bits per heavy atom. The van der Waals surface area contributed by atoms with E-state index in [2.05, 4.69) is 41.1 Å². The smallest absolute Gasteiger partial charge is 0.0366 e. The zero-order valence-electron chi connectivity index (χ0n) is 11.9. The summed E-state index contributed by atoms with van der Waals surface area (Å²) in [5.74, 6) is 0.660. The van der Waals surface area contributed by atoms with Crippen LogP contribution in [0.15, 0.2) is 24.3 Å². The van der Waals surface area contributed by atoms with Crippen molar-refractivity contribution in [2.24, 2.45) is 11.7 Å². The normalized spacial score (nSPS) is 28.2. The van der Waals surface area contributed by atoms with Crippen molar-refractivity contribution < 1.29 is 0 Å². The van der Waals surface area contributed by atoms with Gasteiger partial charge in [0, 0.05) is 31.4 Å². The maximum absolute atomic E-state index is 5.81. The highest BCUT2D eigenvalue weighted by molar-refractivity contribution is 5.48. The SMILES string of the molecule is CN1CC(CN)CC1c1ccc(N2CCCC2)cc1. The molecule has 2 saturated heterocycles. The lowest BCUT2D eigenvalue weighted by molar-refractivity contribution is 0.313. The molecule has 0 amide bonds. The van der Waals surface area contributed by atoms with E-state index in [-0.39, 0.29) is 0 Å². The summed E-state index contributed by atoms with van der Waals surface area (Å²) in [5.41, 5.74) is 8.64. The molecule has 0 aliphatic carbocycles. The van der Waals surface area contributed by atoms with Crippen molar-refractivity contribution in [3.8, 4) is 0 Å². The Balaban J connectivity index is 1.71. The van der Waals surface area contributed by atoms with Crippen LogP contribution < -0.4 is 10.6 Å². The van der Waals surface area contributed by atoms with Crippen LogP contribution in [0.2, 0.25) is 0 Å². The van der Waals surface area contributed by atoms with E-state index in [1.165, 1.54) is 43.6 Å². The average molecular weight is 259 g/mol. The third-order valence-corrected chi connectivity index (χ3v) is 4.72. The number of hydrogen-bond acceptors (Lipinski definition) is 3. The minimum Gasteiger partial charge on any atom is -0.372 e. The molecule has 0 saturated carbocycles. The monoisotopic (exact) mass is 259 g/mol. The molecule has 2 aliphatic heterocycles. The highest BCUT2D eigenvalue weighted by Crippen LogP contribution is 2.34. The van der Waals surface area contributed by atoms with Gasteiger partial charge in [-0.05, 0) is 56.5 Å². The molecule has 1 aromatic carbocycles. The largest absolute Gasteiger partial charge is 0.372 e. The quantitative estimate of drug-likeness (QED) is 0.903. The van der Waals surface area contributed by atoms with E-state index in [9.17, 15) is 0 Å². The number of likely N-dealkylation sites (tertiary alicyclic amines) is 1. The van der Waals surface area contributed by atoms with Gasteiger partial charge in [0.05, 0.1) is 0 Å². The minimum absolute atomic E-state index is 0.557. The Hall–Kier alpha value is -1.06. The first-order chi connectivity index (χ1) is 9.28. The molecule has 3 nitrogen and oxygen atoms in total. The molecule has 0 radical (unpaired) electrons. The van der Waals surface area contributed by atoms with Crippen molar-refractivity contribution in [2.45, 2.75) is 25.3 Å². The fourth-order valence-corrected chi connectivity index (χ4v) is 3.55. The summed E-state index contributed by atoms with van der Waals surface area (Å²) in [5, 5.41) is 0. The van der Waals surface area contributed by atoms with E-state index in [0.29, 0.717) is 12.0 Å². The number of anilines is 1. The molecule has 0 bridgehead atoms. The molecular formula is C16H25N3. The number of hydrogen-bond donors (Lipinski definition) is 1. The van der Waals surface area contributed by atoms with Gasteiger partial charge in [0.25, 0.3) is 0 Å². The van der Waals surface area contributed by atoms with Crippen LogP contribution >= 0.6 is 0 Å². The third kappa shape index (κ3) is 2.63. The third-order valence-electron chi connectivity index (χ3n) is 4.72. The lowest BCUT2D eigenvalue weighted by atomic mass is 9.99. The molecule has 104 valence electrons. The second-order valence-electron chi connectivity index (χ2n) is 6.08. The number of benzene rings is 1. The van der Waals surface area contributed by atoms with Crippen LogP contribution in [0.4, 0.5) is 5.69 Å². The van der Waals surface area contributed by atoms with Crippen molar-refractivity contribution in [3.63, 3.8) is 0 Å². The predicted octanol–water partition coefficient (Wildman–Crippen LogP) is 2.24. The van der Waals surface area contributed by atoms with Crippen LogP contribution in [-0.2, 0) is 0 Å². The van der Waals surface area contributed by atoms with Gasteiger partial charge in [-0.25, -0.2) is 0 Å². The van der Waals surface area contributed by atoms with Crippen molar-refractivity contribution >= 4 is 5.69 Å². The van der Waals surface area contributed by atoms with Crippen molar-refractivity contribution in [1.82, 2.24) is 4.90 Å². The van der Waals surface area contributed by atoms with Gasteiger partial charge in [0.1, 0.15) is 0 Å². The Bertz CT molecular complexity index is 409. The van der Waals surface area contributed by atoms with Crippen molar-refractivity contribution in [1.29, 1.82) is 0 Å². The number of nitrogens with zero attached hydrogens (tertiary/aromatic N) is 2. The molecule has 3 heteroatoms. The lowest BCUT2D eigenvalue weighted by Gasteiger charge is -2.22. The molecule has 19 heavy (non-hydrogen) atoms. The highest BCUT2D eigenvalue weighted by atomic mass is 15.2. The molecule has 2 fully saturated rings. The van der Waals surface area contributed by atoms with Crippen molar-refractivity contribution in [2.75, 3.05) is 38.1 Å². The highest BCUT2D eigenvalue weighted by Gasteiger charge is 2.29. The van der Waals surface area contributed by atoms with E-state index < -0.39 is 0 Å². The summed E-state index contributed by atoms with van der Waals surface area (Å²) >= 11 is 0. The van der Waals surface area contributed by atoms with Gasteiger partial charge in [-0.3, -0.25) is 4.90 Å². The second-order valence-corrected chi connectivity index (χ2v) is 6.08. The summed E-state index contributed by atoms with van der Waals surface area (Å²) in [6.07, 6.45) is 3.88. The second kappa shape index (κ2) is 5.51. The Morgan fingerprint density at radius 1 is 1.16 bits per heavy atom. The number of rotatable bonds is 3. The summed E-state index contributed by atoms with van der Waals surface area (Å²) in [6.45, 7) is 4.39. The van der Waals surface area contributed by atoms with Crippen LogP contribution in [0, 0.1) is 5.92 Å². The molecular weight excluding hydrogens is 234 g/mol. The van der Waals surface area contributed by atoms with Crippen LogP contribution in [0.5, 0.6) is 0 Å². The molecule has 2 N–H and O–H groups in total. The standard InChI is InChI=1S/C16H25N3/c1-18-12-13(11-17)10-16(18)14-4-6-15(7-5-14)19-8-2-3-9-19/h4-7,13,16H,2-3,8-12,17H2,1H3. The molecule has 3 rings (SSSR count). The molecule has 2 aliphatic rings. The van der Waals surface area contributed by atoms with Gasteiger partial charge in [0.15, 0.2) is 0 Å². The first-order valence-corrected chi connectivity index (χ1v) is 7.53. The minimum atomic E-state index is 0.557.